The molecule has 1 N–H and O–H groups in total. The fraction of sp³-hybridized carbons (Fsp3) is 0.355. The normalized spacial score (nSPS) is 12.6. The summed E-state index contributed by atoms with van der Waals surface area (Å²) >= 11 is 3.34. The van der Waals surface area contributed by atoms with Gasteiger partial charge >= 0.3 is 0 Å². The van der Waals surface area contributed by atoms with Gasteiger partial charge in [0.15, 0.2) is 0 Å². The van der Waals surface area contributed by atoms with E-state index in [1.54, 1.807) is 68.6 Å². The molecule has 226 valence electrons. The van der Waals surface area contributed by atoms with Crippen LogP contribution in [0, 0.1) is 0 Å². The molecule has 0 unspecified atom stereocenters. The van der Waals surface area contributed by atoms with E-state index in [1.807, 2.05) is 26.8 Å². The van der Waals surface area contributed by atoms with Crippen LogP contribution in [0.5, 0.6) is 11.5 Å². The van der Waals surface area contributed by atoms with Gasteiger partial charge in [-0.3, -0.25) is 13.9 Å². The number of hydrogen-bond acceptors (Lipinski definition) is 6. The van der Waals surface area contributed by atoms with Crippen LogP contribution >= 0.6 is 15.9 Å². The zero-order chi connectivity index (χ0) is 30.9. The minimum Gasteiger partial charge on any atom is -0.497 e. The number of nitrogens with one attached hydrogen (secondary N) is 1. The van der Waals surface area contributed by atoms with E-state index in [1.165, 1.54) is 17.0 Å². The second-order valence-electron chi connectivity index (χ2n) is 9.76. The van der Waals surface area contributed by atoms with Gasteiger partial charge in [0.25, 0.3) is 10.0 Å². The minimum absolute atomic E-state index is 0.0225. The zero-order valence-electron chi connectivity index (χ0n) is 24.5. The molecule has 3 aromatic rings. The van der Waals surface area contributed by atoms with Crippen LogP contribution in [0.2, 0.25) is 0 Å². The number of benzene rings is 3. The molecule has 0 fully saturated rings. The number of carbonyl (C=O) groups excluding carboxylic acids is 2. The Morgan fingerprint density at radius 1 is 0.952 bits per heavy atom. The predicted octanol–water partition coefficient (Wildman–Crippen LogP) is 5.38. The Bertz CT molecular complexity index is 1450. The lowest BCUT2D eigenvalue weighted by Gasteiger charge is -2.32. The van der Waals surface area contributed by atoms with Crippen LogP contribution in [0.4, 0.5) is 5.69 Å². The highest BCUT2D eigenvalue weighted by atomic mass is 79.9. The second kappa shape index (κ2) is 15.1. The van der Waals surface area contributed by atoms with Gasteiger partial charge in [0.05, 0.1) is 24.3 Å². The molecule has 0 aliphatic heterocycles. The van der Waals surface area contributed by atoms with Crippen LogP contribution < -0.4 is 19.1 Å². The molecule has 2 atom stereocenters. The number of sulfonamides is 1. The molecule has 0 aliphatic rings. The molecular weight excluding hydrogens is 622 g/mol. The number of methoxy groups -OCH3 is 1. The smallest absolute Gasteiger partial charge is 0.264 e. The summed E-state index contributed by atoms with van der Waals surface area (Å²) in [4.78, 5) is 28.7. The van der Waals surface area contributed by atoms with Crippen molar-refractivity contribution in [2.24, 2.45) is 0 Å². The van der Waals surface area contributed by atoms with Gasteiger partial charge in [-0.05, 0) is 93.4 Å². The summed E-state index contributed by atoms with van der Waals surface area (Å²) in [5.41, 5.74) is 1.02. The Kier molecular flexibility index (Phi) is 11.8. The summed E-state index contributed by atoms with van der Waals surface area (Å²) in [5, 5.41) is 2.93. The van der Waals surface area contributed by atoms with Crippen LogP contribution in [0.3, 0.4) is 0 Å². The molecule has 42 heavy (non-hydrogen) atoms. The molecule has 0 aliphatic carbocycles. The number of amides is 2. The third kappa shape index (κ3) is 8.48. The fourth-order valence-corrected chi connectivity index (χ4v) is 5.83. The first-order valence-corrected chi connectivity index (χ1v) is 16.0. The number of rotatable bonds is 14. The summed E-state index contributed by atoms with van der Waals surface area (Å²) in [6.07, 6.45) is 0.721. The Balaban J connectivity index is 2.04. The average Bonchev–Trinajstić information content (AvgIpc) is 2.99. The van der Waals surface area contributed by atoms with Gasteiger partial charge in [-0.25, -0.2) is 8.42 Å². The Hall–Kier alpha value is -3.57. The van der Waals surface area contributed by atoms with Gasteiger partial charge in [0, 0.05) is 17.1 Å². The molecule has 0 aromatic heterocycles. The van der Waals surface area contributed by atoms with E-state index in [0.717, 1.165) is 20.8 Å². The molecule has 0 radical (unpaired) electrons. The summed E-state index contributed by atoms with van der Waals surface area (Å²) in [5.74, 6) is 0.303. The van der Waals surface area contributed by atoms with Crippen molar-refractivity contribution < 1.29 is 27.5 Å². The van der Waals surface area contributed by atoms with Gasteiger partial charge < -0.3 is 19.7 Å². The highest BCUT2D eigenvalue weighted by Gasteiger charge is 2.33. The van der Waals surface area contributed by atoms with E-state index < -0.39 is 28.5 Å². The van der Waals surface area contributed by atoms with Crippen molar-refractivity contribution >= 4 is 43.5 Å². The number of halogens is 1. The second-order valence-corrected chi connectivity index (χ2v) is 12.5. The maximum absolute atomic E-state index is 14.1. The molecule has 0 spiro atoms. The molecule has 0 saturated carbocycles. The Morgan fingerprint density at radius 3 is 2.21 bits per heavy atom. The van der Waals surface area contributed by atoms with Crippen molar-refractivity contribution in [3.05, 3.63) is 82.8 Å². The molecule has 3 aromatic carbocycles. The third-order valence-corrected chi connectivity index (χ3v) is 9.09. The van der Waals surface area contributed by atoms with Crippen LogP contribution in [-0.4, -0.2) is 57.5 Å². The zero-order valence-corrected chi connectivity index (χ0v) is 26.9. The van der Waals surface area contributed by atoms with Crippen molar-refractivity contribution in [3.63, 3.8) is 0 Å². The molecule has 11 heteroatoms. The SMILES string of the molecule is CCOc1ccc(N(CC(=O)N(Cc2cccc(OC)c2)[C@H](C)C(=O)N[C@@H](C)CC)S(=O)(=O)c2ccc(Br)cc2)cc1. The van der Waals surface area contributed by atoms with Crippen molar-refractivity contribution in [2.45, 2.75) is 57.6 Å². The summed E-state index contributed by atoms with van der Waals surface area (Å²) in [6, 6.07) is 18.9. The lowest BCUT2D eigenvalue weighted by molar-refractivity contribution is -0.139. The largest absolute Gasteiger partial charge is 0.497 e. The molecule has 2 amide bonds. The number of anilines is 1. The average molecular weight is 661 g/mol. The molecule has 9 nitrogen and oxygen atoms in total. The van der Waals surface area contributed by atoms with E-state index in [2.05, 4.69) is 21.2 Å². The number of nitrogens with zero attached hydrogens (tertiary/aromatic N) is 2. The van der Waals surface area contributed by atoms with Crippen molar-refractivity contribution in [2.75, 3.05) is 24.6 Å². The lowest BCUT2D eigenvalue weighted by atomic mass is 10.1. The van der Waals surface area contributed by atoms with Gasteiger partial charge in [0.2, 0.25) is 11.8 Å². The molecule has 0 saturated heterocycles. The van der Waals surface area contributed by atoms with E-state index >= 15 is 0 Å². The number of carbonyl (C=O) groups is 2. The quantitative estimate of drug-likeness (QED) is 0.249. The number of ether oxygens (including phenoxy) is 2. The molecule has 0 bridgehead atoms. The van der Waals surface area contributed by atoms with E-state index in [-0.39, 0.29) is 29.1 Å². The van der Waals surface area contributed by atoms with Crippen molar-refractivity contribution in [1.29, 1.82) is 0 Å². The molecule has 3 rings (SSSR count). The summed E-state index contributed by atoms with van der Waals surface area (Å²) < 4.78 is 40.6. The van der Waals surface area contributed by atoms with Gasteiger partial charge in [0.1, 0.15) is 24.1 Å². The van der Waals surface area contributed by atoms with Crippen LogP contribution in [0.25, 0.3) is 0 Å². The van der Waals surface area contributed by atoms with Crippen molar-refractivity contribution in [1.82, 2.24) is 10.2 Å². The Labute approximate surface area is 257 Å². The lowest BCUT2D eigenvalue weighted by Crippen LogP contribution is -2.52. The molecule has 0 heterocycles. The summed E-state index contributed by atoms with van der Waals surface area (Å²) in [6.45, 7) is 7.33. The first-order chi connectivity index (χ1) is 20.0. The Morgan fingerprint density at radius 2 is 1.62 bits per heavy atom. The van der Waals surface area contributed by atoms with Gasteiger partial charge in [-0.15, -0.1) is 0 Å². The van der Waals surface area contributed by atoms with Gasteiger partial charge in [-0.1, -0.05) is 35.0 Å². The van der Waals surface area contributed by atoms with E-state index in [4.69, 9.17) is 9.47 Å². The fourth-order valence-electron chi connectivity index (χ4n) is 4.15. The van der Waals surface area contributed by atoms with E-state index in [9.17, 15) is 18.0 Å². The van der Waals surface area contributed by atoms with Crippen molar-refractivity contribution in [3.8, 4) is 11.5 Å². The maximum Gasteiger partial charge on any atom is 0.264 e. The third-order valence-electron chi connectivity index (χ3n) is 6.77. The highest BCUT2D eigenvalue weighted by molar-refractivity contribution is 9.10. The topological polar surface area (TPSA) is 105 Å². The predicted molar refractivity (Wildman–Crippen MR) is 167 cm³/mol. The van der Waals surface area contributed by atoms with Gasteiger partial charge in [-0.2, -0.15) is 0 Å². The number of hydrogen-bond donors (Lipinski definition) is 1. The standard InChI is InChI=1S/C31H38BrN3O6S/c1-6-22(3)33-31(37)23(4)34(20-24-9-8-10-28(19-24)40-5)30(36)21-35(26-13-15-27(16-14-26)41-7-2)42(38,39)29-17-11-25(32)12-18-29/h8-19,22-23H,6-7,20-21H2,1-5H3,(H,33,37)/t22-,23+/m0/s1. The van der Waals surface area contributed by atoms with E-state index in [0.29, 0.717) is 18.1 Å². The highest BCUT2D eigenvalue weighted by Crippen LogP contribution is 2.27. The molecular formula is C31H38BrN3O6S. The van der Waals surface area contributed by atoms with Crippen LogP contribution in [-0.2, 0) is 26.2 Å². The first kappa shape index (κ1) is 32.9. The van der Waals surface area contributed by atoms with Crippen LogP contribution in [0.1, 0.15) is 39.7 Å². The first-order valence-electron chi connectivity index (χ1n) is 13.7. The van der Waals surface area contributed by atoms with Crippen LogP contribution in [0.15, 0.2) is 82.2 Å². The monoisotopic (exact) mass is 659 g/mol. The maximum atomic E-state index is 14.1. The summed E-state index contributed by atoms with van der Waals surface area (Å²) in [7, 11) is -2.63. The minimum atomic E-state index is -4.17.